The molecule has 0 amide bonds. The van der Waals surface area contributed by atoms with Crippen LogP contribution in [0.3, 0.4) is 0 Å². The van der Waals surface area contributed by atoms with Gasteiger partial charge in [0.2, 0.25) is 0 Å². The molecule has 1 saturated carbocycles. The van der Waals surface area contributed by atoms with Crippen molar-refractivity contribution in [1.82, 2.24) is 5.32 Å². The van der Waals surface area contributed by atoms with Crippen LogP contribution in [0.1, 0.15) is 18.4 Å². The van der Waals surface area contributed by atoms with E-state index in [1.807, 2.05) is 18.2 Å². The van der Waals surface area contributed by atoms with Crippen LogP contribution < -0.4 is 5.32 Å². The molecule has 0 aliphatic heterocycles. The molecule has 0 unspecified atom stereocenters. The predicted octanol–water partition coefficient (Wildman–Crippen LogP) is 4.97. The number of rotatable bonds is 4. The lowest BCUT2D eigenvalue weighted by atomic mass is 10.1. The van der Waals surface area contributed by atoms with Crippen molar-refractivity contribution in [3.8, 4) is 10.4 Å². The van der Waals surface area contributed by atoms with Gasteiger partial charge in [-0.3, -0.25) is 0 Å². The van der Waals surface area contributed by atoms with Gasteiger partial charge >= 0.3 is 0 Å². The lowest BCUT2D eigenvalue weighted by molar-refractivity contribution is 0.689. The lowest BCUT2D eigenvalue weighted by Gasteiger charge is -2.09. The van der Waals surface area contributed by atoms with Crippen molar-refractivity contribution in [1.29, 1.82) is 0 Å². The Balaban J connectivity index is 1.91. The van der Waals surface area contributed by atoms with E-state index in [0.717, 1.165) is 15.9 Å². The molecule has 1 N–H and O–H groups in total. The maximum atomic E-state index is 6.09. The Morgan fingerprint density at radius 2 is 2.00 bits per heavy atom. The first kappa shape index (κ1) is 12.5. The quantitative estimate of drug-likeness (QED) is 0.840. The van der Waals surface area contributed by atoms with E-state index in [1.165, 1.54) is 28.8 Å². The number of nitrogens with one attached hydrogen (secondary N) is 1. The third-order valence-electron chi connectivity index (χ3n) is 3.06. The molecule has 1 fully saturated rings. The van der Waals surface area contributed by atoms with Crippen LogP contribution in [0.25, 0.3) is 10.4 Å². The van der Waals surface area contributed by atoms with Gasteiger partial charge < -0.3 is 5.32 Å². The molecular weight excluding hydrogens is 285 g/mol. The number of benzene rings is 1. The first-order valence-electron chi connectivity index (χ1n) is 6.00. The van der Waals surface area contributed by atoms with Crippen LogP contribution in [0.15, 0.2) is 30.3 Å². The van der Waals surface area contributed by atoms with Gasteiger partial charge in [0.05, 0.1) is 4.34 Å². The zero-order chi connectivity index (χ0) is 12.5. The first-order chi connectivity index (χ1) is 8.72. The van der Waals surface area contributed by atoms with Gasteiger partial charge in [-0.1, -0.05) is 29.3 Å². The monoisotopic (exact) mass is 297 g/mol. The molecule has 0 saturated heterocycles. The van der Waals surface area contributed by atoms with Gasteiger partial charge in [0.15, 0.2) is 0 Å². The summed E-state index contributed by atoms with van der Waals surface area (Å²) in [6, 6.07) is 10.8. The molecule has 1 nitrogen and oxygen atoms in total. The van der Waals surface area contributed by atoms with Crippen molar-refractivity contribution in [3.63, 3.8) is 0 Å². The molecule has 1 aromatic heterocycles. The molecule has 0 spiro atoms. The molecule has 1 aromatic carbocycles. The second-order valence-corrected chi connectivity index (χ2v) is 6.71. The van der Waals surface area contributed by atoms with E-state index in [2.05, 4.69) is 17.4 Å². The molecule has 0 bridgehead atoms. The molecule has 18 heavy (non-hydrogen) atoms. The average molecular weight is 298 g/mol. The van der Waals surface area contributed by atoms with E-state index < -0.39 is 0 Å². The molecule has 1 aliphatic carbocycles. The largest absolute Gasteiger partial charge is 0.310 e. The van der Waals surface area contributed by atoms with Gasteiger partial charge in [0, 0.05) is 22.5 Å². The molecule has 1 heterocycles. The van der Waals surface area contributed by atoms with Crippen LogP contribution in [0.5, 0.6) is 0 Å². The maximum absolute atomic E-state index is 6.09. The van der Waals surface area contributed by atoms with Crippen LogP contribution in [-0.2, 0) is 6.54 Å². The second kappa shape index (κ2) is 5.22. The Bertz CT molecular complexity index is 561. The molecule has 1 aliphatic rings. The predicted molar refractivity (Wildman–Crippen MR) is 79.6 cm³/mol. The van der Waals surface area contributed by atoms with E-state index >= 15 is 0 Å². The summed E-state index contributed by atoms with van der Waals surface area (Å²) >= 11 is 13.7. The SMILES string of the molecule is Clc1ccc(-c2ccc(Cl)s2)c(CNC2CC2)c1. The molecule has 94 valence electrons. The fourth-order valence-electron chi connectivity index (χ4n) is 1.95. The van der Waals surface area contributed by atoms with Gasteiger partial charge in [-0.2, -0.15) is 0 Å². The van der Waals surface area contributed by atoms with E-state index in [4.69, 9.17) is 23.2 Å². The van der Waals surface area contributed by atoms with Crippen LogP contribution in [0.2, 0.25) is 9.36 Å². The van der Waals surface area contributed by atoms with Crippen LogP contribution in [0, 0.1) is 0 Å². The minimum absolute atomic E-state index is 0.698. The van der Waals surface area contributed by atoms with E-state index in [1.54, 1.807) is 11.3 Å². The summed E-state index contributed by atoms with van der Waals surface area (Å²) in [4.78, 5) is 1.20. The molecule has 3 rings (SSSR count). The van der Waals surface area contributed by atoms with Crippen LogP contribution >= 0.6 is 34.5 Å². The first-order valence-corrected chi connectivity index (χ1v) is 7.57. The Morgan fingerprint density at radius 3 is 2.67 bits per heavy atom. The Morgan fingerprint density at radius 1 is 1.17 bits per heavy atom. The van der Waals surface area contributed by atoms with Gasteiger partial charge in [0.25, 0.3) is 0 Å². The zero-order valence-corrected chi connectivity index (χ0v) is 12.1. The van der Waals surface area contributed by atoms with Crippen LogP contribution in [0.4, 0.5) is 0 Å². The van der Waals surface area contributed by atoms with Gasteiger partial charge in [-0.15, -0.1) is 11.3 Å². The third kappa shape index (κ3) is 2.89. The highest BCUT2D eigenvalue weighted by Crippen LogP contribution is 2.34. The third-order valence-corrected chi connectivity index (χ3v) is 4.56. The highest BCUT2D eigenvalue weighted by atomic mass is 35.5. The topological polar surface area (TPSA) is 12.0 Å². The van der Waals surface area contributed by atoms with Crippen molar-refractivity contribution in [3.05, 3.63) is 45.3 Å². The standard InChI is InChI=1S/C14H13Cl2NS/c15-10-1-4-12(13-5-6-14(16)18-13)9(7-10)8-17-11-2-3-11/h1,4-7,11,17H,2-3,8H2. The van der Waals surface area contributed by atoms with Crippen molar-refractivity contribution in [2.24, 2.45) is 0 Å². The summed E-state index contributed by atoms with van der Waals surface area (Å²) in [5.41, 5.74) is 2.47. The van der Waals surface area contributed by atoms with Gasteiger partial charge in [-0.05, 0) is 48.2 Å². The molecule has 4 heteroatoms. The number of hydrogen-bond acceptors (Lipinski definition) is 2. The van der Waals surface area contributed by atoms with E-state index in [9.17, 15) is 0 Å². The van der Waals surface area contributed by atoms with Crippen LogP contribution in [-0.4, -0.2) is 6.04 Å². The lowest BCUT2D eigenvalue weighted by Crippen LogP contribution is -2.15. The van der Waals surface area contributed by atoms with Crippen molar-refractivity contribution in [2.75, 3.05) is 0 Å². The molecular formula is C14H13Cl2NS. The Kier molecular flexibility index (Phi) is 3.62. The number of halogens is 2. The molecule has 0 radical (unpaired) electrons. The van der Waals surface area contributed by atoms with E-state index in [-0.39, 0.29) is 0 Å². The summed E-state index contributed by atoms with van der Waals surface area (Å²) < 4.78 is 0.820. The van der Waals surface area contributed by atoms with Crippen molar-refractivity contribution in [2.45, 2.75) is 25.4 Å². The normalized spacial score (nSPS) is 15.0. The summed E-state index contributed by atoms with van der Waals surface area (Å²) in [5.74, 6) is 0. The molecule has 0 atom stereocenters. The summed E-state index contributed by atoms with van der Waals surface area (Å²) in [6.45, 7) is 0.871. The second-order valence-electron chi connectivity index (χ2n) is 4.56. The maximum Gasteiger partial charge on any atom is 0.0934 e. The number of thiophene rings is 1. The van der Waals surface area contributed by atoms with Crippen molar-refractivity contribution < 1.29 is 0 Å². The summed E-state index contributed by atoms with van der Waals surface area (Å²) in [6.07, 6.45) is 2.58. The summed E-state index contributed by atoms with van der Waals surface area (Å²) in [5, 5.41) is 4.32. The van der Waals surface area contributed by atoms with Crippen molar-refractivity contribution >= 4 is 34.5 Å². The van der Waals surface area contributed by atoms with Gasteiger partial charge in [-0.25, -0.2) is 0 Å². The highest BCUT2D eigenvalue weighted by Gasteiger charge is 2.20. The number of hydrogen-bond donors (Lipinski definition) is 1. The Hall–Kier alpha value is -0.540. The fourth-order valence-corrected chi connectivity index (χ4v) is 3.25. The highest BCUT2D eigenvalue weighted by molar-refractivity contribution is 7.19. The smallest absolute Gasteiger partial charge is 0.0934 e. The average Bonchev–Trinajstić information content (AvgIpc) is 3.08. The summed E-state index contributed by atoms with van der Waals surface area (Å²) in [7, 11) is 0. The zero-order valence-electron chi connectivity index (χ0n) is 9.75. The minimum atomic E-state index is 0.698. The van der Waals surface area contributed by atoms with Gasteiger partial charge in [0.1, 0.15) is 0 Å². The molecule has 2 aromatic rings. The fraction of sp³-hybridized carbons (Fsp3) is 0.286. The van der Waals surface area contributed by atoms with E-state index in [0.29, 0.717) is 6.04 Å². The Labute approximate surface area is 121 Å². The minimum Gasteiger partial charge on any atom is -0.310 e.